The number of carbonyl (C=O) groups is 1. The van der Waals surface area contributed by atoms with Crippen LogP contribution in [0.4, 0.5) is 5.69 Å². The Hall–Kier alpha value is -2.34. The molecule has 0 bridgehead atoms. The number of hydrogen-bond acceptors (Lipinski definition) is 3. The molecule has 0 fully saturated rings. The molecule has 146 valence electrons. The van der Waals surface area contributed by atoms with Crippen LogP contribution in [0.2, 0.25) is 0 Å². The van der Waals surface area contributed by atoms with E-state index in [1.54, 1.807) is 31.2 Å². The van der Waals surface area contributed by atoms with Gasteiger partial charge in [-0.2, -0.15) is 0 Å². The third kappa shape index (κ3) is 5.10. The summed E-state index contributed by atoms with van der Waals surface area (Å²) in [6.07, 6.45) is 1.96. The molecule has 0 aliphatic rings. The first-order valence-electron chi connectivity index (χ1n) is 9.13. The molecule has 0 saturated carbocycles. The zero-order valence-corrected chi connectivity index (χ0v) is 17.4. The Morgan fingerprint density at radius 1 is 1.07 bits per heavy atom. The molecule has 27 heavy (non-hydrogen) atoms. The third-order valence-corrected chi connectivity index (χ3v) is 5.89. The summed E-state index contributed by atoms with van der Waals surface area (Å²) in [7, 11) is -3.34. The quantitative estimate of drug-likeness (QED) is 0.780. The summed E-state index contributed by atoms with van der Waals surface area (Å²) in [5.41, 5.74) is 4.52. The van der Waals surface area contributed by atoms with Gasteiger partial charge in [-0.15, -0.1) is 0 Å². The van der Waals surface area contributed by atoms with Crippen molar-refractivity contribution in [3.8, 4) is 0 Å². The summed E-state index contributed by atoms with van der Waals surface area (Å²) in [6.45, 7) is 8.26. The molecule has 1 amide bonds. The molecule has 0 aliphatic heterocycles. The monoisotopic (exact) mass is 388 g/mol. The average molecular weight is 389 g/mol. The smallest absolute Gasteiger partial charge is 0.251 e. The first-order chi connectivity index (χ1) is 12.7. The molecular weight excluding hydrogens is 360 g/mol. The van der Waals surface area contributed by atoms with Gasteiger partial charge in [-0.3, -0.25) is 9.10 Å². The van der Waals surface area contributed by atoms with Gasteiger partial charge >= 0.3 is 0 Å². The predicted octanol–water partition coefficient (Wildman–Crippen LogP) is 3.97. The van der Waals surface area contributed by atoms with E-state index in [4.69, 9.17) is 0 Å². The van der Waals surface area contributed by atoms with Crippen LogP contribution in [0.5, 0.6) is 0 Å². The number of benzene rings is 2. The molecule has 5 nitrogen and oxygen atoms in total. The Labute approximate surface area is 162 Å². The minimum Gasteiger partial charge on any atom is -0.345 e. The molecule has 1 atom stereocenters. The van der Waals surface area contributed by atoms with Gasteiger partial charge in [0.1, 0.15) is 0 Å². The first kappa shape index (κ1) is 21.0. The zero-order chi connectivity index (χ0) is 20.2. The second kappa shape index (κ2) is 8.57. The van der Waals surface area contributed by atoms with Crippen molar-refractivity contribution in [2.75, 3.05) is 17.1 Å². The molecule has 0 aromatic heterocycles. The largest absolute Gasteiger partial charge is 0.345 e. The van der Waals surface area contributed by atoms with Crippen molar-refractivity contribution in [1.82, 2.24) is 5.32 Å². The SMILES string of the molecule is CC[C@@H](NC(=O)c1ccc(N(CC)S(C)(=O)=O)cc1)c1ccc(C)cc1C. The summed E-state index contributed by atoms with van der Waals surface area (Å²) in [4.78, 5) is 12.7. The van der Waals surface area contributed by atoms with Gasteiger partial charge in [-0.25, -0.2) is 8.42 Å². The lowest BCUT2D eigenvalue weighted by Crippen LogP contribution is -2.30. The van der Waals surface area contributed by atoms with E-state index in [2.05, 4.69) is 30.4 Å². The molecule has 2 aromatic rings. The Kier molecular flexibility index (Phi) is 6.65. The topological polar surface area (TPSA) is 66.5 Å². The normalized spacial score (nSPS) is 12.5. The maximum atomic E-state index is 12.7. The number of rotatable bonds is 7. The highest BCUT2D eigenvalue weighted by atomic mass is 32.2. The standard InChI is InChI=1S/C21H28N2O3S/c1-6-20(19-13-8-15(3)14-16(19)4)22-21(24)17-9-11-18(12-10-17)23(7-2)27(5,25)26/h8-14,20H,6-7H2,1-5H3,(H,22,24)/t20-/m1/s1. The molecule has 0 heterocycles. The molecule has 2 aromatic carbocycles. The van der Waals surface area contributed by atoms with Crippen LogP contribution < -0.4 is 9.62 Å². The van der Waals surface area contributed by atoms with Crippen molar-refractivity contribution in [3.05, 3.63) is 64.7 Å². The van der Waals surface area contributed by atoms with Crippen LogP contribution in [0.25, 0.3) is 0 Å². The van der Waals surface area contributed by atoms with Crippen LogP contribution in [0, 0.1) is 13.8 Å². The lowest BCUT2D eigenvalue weighted by atomic mass is 9.97. The van der Waals surface area contributed by atoms with Gasteiger partial charge in [0.05, 0.1) is 18.0 Å². The Morgan fingerprint density at radius 3 is 2.19 bits per heavy atom. The van der Waals surface area contributed by atoms with Crippen molar-refractivity contribution in [2.24, 2.45) is 0 Å². The first-order valence-corrected chi connectivity index (χ1v) is 11.0. The summed E-state index contributed by atoms with van der Waals surface area (Å²) >= 11 is 0. The van der Waals surface area contributed by atoms with Crippen LogP contribution >= 0.6 is 0 Å². The lowest BCUT2D eigenvalue weighted by molar-refractivity contribution is 0.0935. The fraction of sp³-hybridized carbons (Fsp3) is 0.381. The van der Waals surface area contributed by atoms with Crippen LogP contribution in [0.1, 0.15) is 53.4 Å². The fourth-order valence-corrected chi connectivity index (χ4v) is 4.22. The second-order valence-corrected chi connectivity index (χ2v) is 8.68. The maximum Gasteiger partial charge on any atom is 0.251 e. The third-order valence-electron chi connectivity index (χ3n) is 4.62. The maximum absolute atomic E-state index is 12.7. The fourth-order valence-electron chi connectivity index (χ4n) is 3.25. The van der Waals surface area contributed by atoms with Crippen molar-refractivity contribution < 1.29 is 13.2 Å². The number of hydrogen-bond donors (Lipinski definition) is 1. The van der Waals surface area contributed by atoms with Crippen molar-refractivity contribution in [3.63, 3.8) is 0 Å². The van der Waals surface area contributed by atoms with Gasteiger partial charge in [0.15, 0.2) is 0 Å². The van der Waals surface area contributed by atoms with Gasteiger partial charge in [0.2, 0.25) is 10.0 Å². The number of amides is 1. The van der Waals surface area contributed by atoms with Crippen molar-refractivity contribution in [1.29, 1.82) is 0 Å². The molecule has 6 heteroatoms. The van der Waals surface area contributed by atoms with Crippen LogP contribution in [-0.4, -0.2) is 27.1 Å². The van der Waals surface area contributed by atoms with Gasteiger partial charge < -0.3 is 5.32 Å². The van der Waals surface area contributed by atoms with E-state index in [1.807, 2.05) is 13.8 Å². The van der Waals surface area contributed by atoms with Crippen LogP contribution in [-0.2, 0) is 10.0 Å². The highest BCUT2D eigenvalue weighted by Gasteiger charge is 2.18. The molecular formula is C21H28N2O3S. The Balaban J connectivity index is 2.19. The summed E-state index contributed by atoms with van der Waals surface area (Å²) in [5, 5.41) is 3.08. The van der Waals surface area contributed by atoms with Gasteiger partial charge in [-0.1, -0.05) is 30.7 Å². The summed E-state index contributed by atoms with van der Waals surface area (Å²) < 4.78 is 25.0. The van der Waals surface area contributed by atoms with Gasteiger partial charge in [0, 0.05) is 12.1 Å². The van der Waals surface area contributed by atoms with Gasteiger partial charge in [0.25, 0.3) is 5.91 Å². The Morgan fingerprint density at radius 2 is 1.70 bits per heavy atom. The predicted molar refractivity (Wildman–Crippen MR) is 111 cm³/mol. The van der Waals surface area contributed by atoms with Gasteiger partial charge in [-0.05, 0) is 62.6 Å². The average Bonchev–Trinajstić information content (AvgIpc) is 2.60. The van der Waals surface area contributed by atoms with Crippen LogP contribution in [0.15, 0.2) is 42.5 Å². The zero-order valence-electron chi connectivity index (χ0n) is 16.6. The molecule has 0 spiro atoms. The second-order valence-electron chi connectivity index (χ2n) is 6.77. The van der Waals surface area contributed by atoms with E-state index in [-0.39, 0.29) is 11.9 Å². The summed E-state index contributed by atoms with van der Waals surface area (Å²) in [6, 6.07) is 12.8. The Bertz CT molecular complexity index is 906. The number of carbonyl (C=O) groups excluding carboxylic acids is 1. The number of nitrogens with one attached hydrogen (secondary N) is 1. The number of aryl methyl sites for hydroxylation is 2. The number of nitrogens with zero attached hydrogens (tertiary/aromatic N) is 1. The minimum absolute atomic E-state index is 0.0686. The van der Waals surface area contributed by atoms with Crippen molar-refractivity contribution >= 4 is 21.6 Å². The number of sulfonamides is 1. The molecule has 2 rings (SSSR count). The molecule has 0 unspecified atom stereocenters. The highest BCUT2D eigenvalue weighted by Crippen LogP contribution is 2.23. The summed E-state index contributed by atoms with van der Waals surface area (Å²) in [5.74, 6) is -0.171. The van der Waals surface area contributed by atoms with Crippen molar-refractivity contribution in [2.45, 2.75) is 40.2 Å². The van der Waals surface area contributed by atoms with E-state index < -0.39 is 10.0 Å². The molecule has 0 radical (unpaired) electrons. The van der Waals surface area contributed by atoms with Crippen LogP contribution in [0.3, 0.4) is 0 Å². The molecule has 0 aliphatic carbocycles. The minimum atomic E-state index is -3.34. The van der Waals surface area contributed by atoms with E-state index >= 15 is 0 Å². The molecule has 0 saturated heterocycles. The van der Waals surface area contributed by atoms with E-state index in [1.165, 1.54) is 16.1 Å². The number of anilines is 1. The highest BCUT2D eigenvalue weighted by molar-refractivity contribution is 7.92. The van der Waals surface area contributed by atoms with E-state index in [9.17, 15) is 13.2 Å². The van der Waals surface area contributed by atoms with E-state index in [0.717, 1.165) is 17.5 Å². The molecule has 1 N–H and O–H groups in total. The van der Waals surface area contributed by atoms with E-state index in [0.29, 0.717) is 17.8 Å². The lowest BCUT2D eigenvalue weighted by Gasteiger charge is -2.22.